The number of fused-ring (bicyclic) bond motifs is 1. The minimum Gasteiger partial charge on any atom is -0.497 e. The number of aromatic amines is 1. The lowest BCUT2D eigenvalue weighted by Gasteiger charge is -2.37. The highest BCUT2D eigenvalue weighted by atomic mass is 16.5. The number of benzene rings is 1. The highest BCUT2D eigenvalue weighted by Crippen LogP contribution is 2.45. The van der Waals surface area contributed by atoms with Crippen molar-refractivity contribution in [2.45, 2.75) is 45.1 Å². The molecule has 1 aliphatic carbocycles. The fourth-order valence-electron chi connectivity index (χ4n) is 4.62. The van der Waals surface area contributed by atoms with E-state index in [1.807, 2.05) is 69.4 Å². The number of ketones is 1. The van der Waals surface area contributed by atoms with Crippen LogP contribution in [0.2, 0.25) is 0 Å². The molecule has 4 rings (SSSR count). The lowest BCUT2D eigenvalue weighted by Crippen LogP contribution is -2.43. The van der Waals surface area contributed by atoms with Crippen LogP contribution in [0.5, 0.6) is 5.75 Å². The van der Waals surface area contributed by atoms with Gasteiger partial charge in [-0.3, -0.25) is 4.79 Å². The molecule has 2 aliphatic rings. The second-order valence-corrected chi connectivity index (χ2v) is 8.56. The Balaban J connectivity index is 1.78. The summed E-state index contributed by atoms with van der Waals surface area (Å²) >= 11 is 0. The number of methoxy groups -OCH3 is 1. The number of H-pyrrole nitrogens is 1. The Morgan fingerprint density at radius 2 is 1.88 bits per heavy atom. The molecule has 1 aromatic heterocycles. The summed E-state index contributed by atoms with van der Waals surface area (Å²) in [5, 5.41) is 3.36. The molecule has 32 heavy (non-hydrogen) atoms. The first-order valence-corrected chi connectivity index (χ1v) is 10.9. The molecule has 0 radical (unpaired) electrons. The number of hydrogen-bond donors (Lipinski definition) is 1. The van der Waals surface area contributed by atoms with Gasteiger partial charge in [0.2, 0.25) is 0 Å². The Bertz CT molecular complexity index is 1070. The van der Waals surface area contributed by atoms with E-state index in [1.54, 1.807) is 7.11 Å². The quantitative estimate of drug-likeness (QED) is 0.728. The number of carbonyl (C=O) groups excluding carboxylic acids is 2. The molecule has 0 saturated carbocycles. The van der Waals surface area contributed by atoms with Crippen molar-refractivity contribution in [3.05, 3.63) is 83.0 Å². The van der Waals surface area contributed by atoms with Crippen LogP contribution >= 0.6 is 0 Å². The second kappa shape index (κ2) is 8.99. The van der Waals surface area contributed by atoms with Crippen molar-refractivity contribution in [2.24, 2.45) is 5.92 Å². The Labute approximate surface area is 188 Å². The molecule has 6 nitrogen and oxygen atoms in total. The molecule has 1 aliphatic heterocycles. The summed E-state index contributed by atoms with van der Waals surface area (Å²) in [5.74, 6) is -0.453. The maximum absolute atomic E-state index is 13.5. The highest BCUT2D eigenvalue weighted by molar-refractivity contribution is 5.96. The van der Waals surface area contributed by atoms with Gasteiger partial charge < -0.3 is 14.8 Å². The molecule has 2 aromatic rings. The van der Waals surface area contributed by atoms with Crippen LogP contribution in [0.15, 0.2) is 71.7 Å². The number of rotatable bonds is 5. The van der Waals surface area contributed by atoms with Crippen molar-refractivity contribution >= 4 is 11.8 Å². The number of pyridine rings is 1. The summed E-state index contributed by atoms with van der Waals surface area (Å²) in [7, 11) is 1.63. The van der Waals surface area contributed by atoms with Gasteiger partial charge in [0.05, 0.1) is 30.6 Å². The number of aromatic nitrogens is 1. The lowest BCUT2D eigenvalue weighted by molar-refractivity contribution is -0.392. The fraction of sp³-hybridized carbons (Fsp3) is 0.346. The molecule has 3 atom stereocenters. The van der Waals surface area contributed by atoms with Crippen LogP contribution in [-0.2, 0) is 14.3 Å². The van der Waals surface area contributed by atoms with Crippen LogP contribution < -0.4 is 15.0 Å². The number of Topliss-reactive ketones (excluding diaryl/α,β-unsaturated/α-hetero) is 1. The van der Waals surface area contributed by atoms with Gasteiger partial charge >= 0.3 is 5.97 Å². The average molecular weight is 434 g/mol. The van der Waals surface area contributed by atoms with Crippen LogP contribution in [0.1, 0.15) is 50.3 Å². The zero-order valence-electron chi connectivity index (χ0n) is 18.8. The maximum Gasteiger partial charge on any atom is 0.336 e. The van der Waals surface area contributed by atoms with Crippen molar-refractivity contribution in [2.75, 3.05) is 7.11 Å². The van der Waals surface area contributed by atoms with Crippen LogP contribution in [0.4, 0.5) is 0 Å². The van der Waals surface area contributed by atoms with Gasteiger partial charge in [0.25, 0.3) is 0 Å². The van der Waals surface area contributed by atoms with Crippen molar-refractivity contribution in [1.82, 2.24) is 5.32 Å². The summed E-state index contributed by atoms with van der Waals surface area (Å²) < 4.78 is 10.8. The average Bonchev–Trinajstić information content (AvgIpc) is 2.78. The summed E-state index contributed by atoms with van der Waals surface area (Å²) in [4.78, 5) is 29.8. The molecule has 2 N–H and O–H groups in total. The number of carbonyl (C=O) groups is 2. The first-order valence-electron chi connectivity index (χ1n) is 10.9. The standard InChI is InChI=1S/C26H28N2O4/c1-15(2)32-26(30)23-16(3)28-21-13-18(17-8-10-19(31-4)11-9-17)14-22(29)24(21)25(23)20-7-5-6-12-27-20/h5-13,15,18,24-25,28H,14H2,1-4H3/p+1. The zero-order chi connectivity index (χ0) is 22.8. The van der Waals surface area contributed by atoms with Crippen molar-refractivity contribution in [3.63, 3.8) is 0 Å². The third-order valence-electron chi connectivity index (χ3n) is 6.04. The van der Waals surface area contributed by atoms with Gasteiger partial charge in [0.15, 0.2) is 11.9 Å². The number of esters is 1. The first-order chi connectivity index (χ1) is 15.4. The molecule has 6 heteroatoms. The van der Waals surface area contributed by atoms with E-state index in [0.717, 1.165) is 22.7 Å². The Kier molecular flexibility index (Phi) is 6.12. The smallest absolute Gasteiger partial charge is 0.336 e. The van der Waals surface area contributed by atoms with Gasteiger partial charge in [-0.15, -0.1) is 0 Å². The third kappa shape index (κ3) is 4.17. The summed E-state index contributed by atoms with van der Waals surface area (Å²) in [6, 6.07) is 13.5. The van der Waals surface area contributed by atoms with Gasteiger partial charge in [-0.05, 0) is 38.5 Å². The number of allylic oxidation sites excluding steroid dienone is 3. The number of ether oxygens (including phenoxy) is 2. The normalized spacial score (nSPS) is 22.7. The van der Waals surface area contributed by atoms with E-state index in [9.17, 15) is 9.59 Å². The van der Waals surface area contributed by atoms with Gasteiger partial charge in [0.1, 0.15) is 11.5 Å². The third-order valence-corrected chi connectivity index (χ3v) is 6.04. The molecule has 166 valence electrons. The molecule has 0 spiro atoms. The monoisotopic (exact) mass is 433 g/mol. The molecule has 0 bridgehead atoms. The minimum absolute atomic E-state index is 0.0375. The Hall–Kier alpha value is -3.41. The first kappa shape index (κ1) is 21.8. The van der Waals surface area contributed by atoms with Crippen LogP contribution in [0.3, 0.4) is 0 Å². The molecular weight excluding hydrogens is 404 g/mol. The van der Waals surface area contributed by atoms with Gasteiger partial charge in [-0.25, -0.2) is 9.78 Å². The van der Waals surface area contributed by atoms with Gasteiger partial charge in [-0.1, -0.05) is 24.3 Å². The van der Waals surface area contributed by atoms with E-state index in [2.05, 4.69) is 16.4 Å². The number of hydrogen-bond acceptors (Lipinski definition) is 5. The molecule has 3 unspecified atom stereocenters. The minimum atomic E-state index is -0.471. The van der Waals surface area contributed by atoms with Crippen LogP contribution in [-0.4, -0.2) is 25.0 Å². The maximum atomic E-state index is 13.5. The second-order valence-electron chi connectivity index (χ2n) is 8.56. The van der Waals surface area contributed by atoms with Crippen molar-refractivity contribution in [1.29, 1.82) is 0 Å². The topological polar surface area (TPSA) is 78.8 Å². The van der Waals surface area contributed by atoms with E-state index >= 15 is 0 Å². The fourth-order valence-corrected chi connectivity index (χ4v) is 4.62. The molecule has 0 amide bonds. The van der Waals surface area contributed by atoms with Crippen LogP contribution in [0, 0.1) is 5.92 Å². The van der Waals surface area contributed by atoms with Gasteiger partial charge in [0, 0.05) is 35.9 Å². The van der Waals surface area contributed by atoms with E-state index in [0.29, 0.717) is 17.7 Å². The predicted molar refractivity (Wildman–Crippen MR) is 120 cm³/mol. The summed E-state index contributed by atoms with van der Waals surface area (Å²) in [6.07, 6.45) is 4.06. The summed E-state index contributed by atoms with van der Waals surface area (Å²) in [6.45, 7) is 5.51. The van der Waals surface area contributed by atoms with Crippen molar-refractivity contribution < 1.29 is 24.0 Å². The lowest BCUT2D eigenvalue weighted by atomic mass is 9.69. The Morgan fingerprint density at radius 1 is 1.12 bits per heavy atom. The SMILES string of the molecule is COc1ccc(C2C=C3NC(C)=C(C(=O)OC(C)C)C(c4cccc[nH+]4)C3C(=O)C2)cc1. The molecule has 0 saturated heterocycles. The molecule has 0 fully saturated rings. The highest BCUT2D eigenvalue weighted by Gasteiger charge is 2.47. The molecule has 2 heterocycles. The van der Waals surface area contributed by atoms with E-state index in [4.69, 9.17) is 9.47 Å². The summed E-state index contributed by atoms with van der Waals surface area (Å²) in [5.41, 5.74) is 3.92. The van der Waals surface area contributed by atoms with E-state index < -0.39 is 17.8 Å². The number of nitrogens with one attached hydrogen (secondary N) is 2. The zero-order valence-corrected chi connectivity index (χ0v) is 18.8. The van der Waals surface area contributed by atoms with E-state index in [1.165, 1.54) is 0 Å². The van der Waals surface area contributed by atoms with Crippen LogP contribution in [0.25, 0.3) is 0 Å². The molecule has 1 aromatic carbocycles. The molecular formula is C26H29N2O4+. The largest absolute Gasteiger partial charge is 0.497 e. The Morgan fingerprint density at radius 3 is 2.50 bits per heavy atom. The van der Waals surface area contributed by atoms with Gasteiger partial charge in [-0.2, -0.15) is 0 Å². The van der Waals surface area contributed by atoms with E-state index in [-0.39, 0.29) is 17.8 Å². The van der Waals surface area contributed by atoms with Crippen molar-refractivity contribution in [3.8, 4) is 5.75 Å². The predicted octanol–water partition coefficient (Wildman–Crippen LogP) is 3.68.